The number of nitrogens with one attached hydrogen (secondary N) is 1. The number of ether oxygens (including phenoxy) is 1. The van der Waals surface area contributed by atoms with Gasteiger partial charge in [-0.3, -0.25) is 14.2 Å². The van der Waals surface area contributed by atoms with E-state index in [0.29, 0.717) is 34.2 Å². The number of benzene rings is 2. The molecule has 1 aliphatic carbocycles. The maximum atomic E-state index is 13.4. The van der Waals surface area contributed by atoms with Gasteiger partial charge in [0.05, 0.1) is 34.8 Å². The average molecular weight is 498 g/mol. The molecule has 178 valence electrons. The third-order valence-electron chi connectivity index (χ3n) is 6.63. The Morgan fingerprint density at radius 1 is 1.26 bits per heavy atom. The van der Waals surface area contributed by atoms with Gasteiger partial charge in [-0.25, -0.2) is 4.98 Å². The van der Waals surface area contributed by atoms with Crippen LogP contribution < -0.4 is 10.9 Å². The highest BCUT2D eigenvalue weighted by Crippen LogP contribution is 2.31. The first-order valence-corrected chi connectivity index (χ1v) is 13.1. The quantitative estimate of drug-likeness (QED) is 0.387. The van der Waals surface area contributed by atoms with Gasteiger partial charge in [0, 0.05) is 11.6 Å². The van der Waals surface area contributed by atoms with Gasteiger partial charge in [-0.15, -0.1) is 0 Å². The summed E-state index contributed by atoms with van der Waals surface area (Å²) >= 11 is 7.47. The van der Waals surface area contributed by atoms with Crippen molar-refractivity contribution in [2.24, 2.45) is 0 Å². The number of halogens is 1. The van der Waals surface area contributed by atoms with E-state index in [4.69, 9.17) is 21.3 Å². The molecule has 6 nitrogen and oxygen atoms in total. The number of thioether (sulfide) groups is 1. The lowest BCUT2D eigenvalue weighted by atomic mass is 9.88. The molecule has 5 rings (SSSR count). The van der Waals surface area contributed by atoms with E-state index in [1.807, 2.05) is 19.1 Å². The molecule has 2 aromatic carbocycles. The SMILES string of the molecule is C[C@H](Sc1nc2cc(Cl)ccc2c(=O)n1C[C@H]1CCCO1)C(=O)N[C@H]1CCCc2ccccc21. The van der Waals surface area contributed by atoms with Crippen LogP contribution in [0.1, 0.15) is 49.8 Å². The summed E-state index contributed by atoms with van der Waals surface area (Å²) in [5.74, 6) is -0.0594. The van der Waals surface area contributed by atoms with Crippen molar-refractivity contribution >= 4 is 40.2 Å². The van der Waals surface area contributed by atoms with Crippen LogP contribution in [0.2, 0.25) is 5.02 Å². The number of hydrogen-bond acceptors (Lipinski definition) is 5. The van der Waals surface area contributed by atoms with E-state index in [2.05, 4.69) is 17.4 Å². The molecule has 0 saturated carbocycles. The molecule has 34 heavy (non-hydrogen) atoms. The van der Waals surface area contributed by atoms with Crippen LogP contribution in [0.3, 0.4) is 0 Å². The Bertz CT molecular complexity index is 1270. The zero-order valence-corrected chi connectivity index (χ0v) is 20.7. The molecular weight excluding hydrogens is 470 g/mol. The fourth-order valence-corrected chi connectivity index (χ4v) is 5.91. The molecule has 1 saturated heterocycles. The highest BCUT2D eigenvalue weighted by molar-refractivity contribution is 8.00. The van der Waals surface area contributed by atoms with Gasteiger partial charge in [0.15, 0.2) is 5.16 Å². The smallest absolute Gasteiger partial charge is 0.262 e. The number of fused-ring (bicyclic) bond motifs is 2. The molecule has 0 spiro atoms. The van der Waals surface area contributed by atoms with Crippen LogP contribution in [-0.4, -0.2) is 33.4 Å². The summed E-state index contributed by atoms with van der Waals surface area (Å²) in [5.41, 5.74) is 2.91. The Kier molecular flexibility index (Phi) is 6.95. The van der Waals surface area contributed by atoms with Crippen molar-refractivity contribution < 1.29 is 9.53 Å². The van der Waals surface area contributed by atoms with Crippen molar-refractivity contribution in [2.45, 2.75) is 68.1 Å². The van der Waals surface area contributed by atoms with Crippen LogP contribution in [0.4, 0.5) is 0 Å². The third kappa shape index (κ3) is 4.88. The predicted molar refractivity (Wildman–Crippen MR) is 136 cm³/mol. The highest BCUT2D eigenvalue weighted by Gasteiger charge is 2.26. The van der Waals surface area contributed by atoms with Crippen molar-refractivity contribution in [3.63, 3.8) is 0 Å². The number of hydrogen-bond donors (Lipinski definition) is 1. The van der Waals surface area contributed by atoms with Gasteiger partial charge in [0.1, 0.15) is 0 Å². The van der Waals surface area contributed by atoms with Crippen molar-refractivity contribution in [3.8, 4) is 0 Å². The molecule has 1 aromatic heterocycles. The monoisotopic (exact) mass is 497 g/mol. The van der Waals surface area contributed by atoms with Gasteiger partial charge in [-0.2, -0.15) is 0 Å². The second kappa shape index (κ2) is 10.1. The first kappa shape index (κ1) is 23.4. The fraction of sp³-hybridized carbons (Fsp3) is 0.423. The summed E-state index contributed by atoms with van der Waals surface area (Å²) in [5, 5.41) is 4.36. The van der Waals surface area contributed by atoms with Crippen LogP contribution in [-0.2, 0) is 22.5 Å². The number of nitrogens with zero attached hydrogens (tertiary/aromatic N) is 2. The number of carbonyl (C=O) groups excluding carboxylic acids is 1. The third-order valence-corrected chi connectivity index (χ3v) is 7.96. The second-order valence-electron chi connectivity index (χ2n) is 9.02. The van der Waals surface area contributed by atoms with E-state index < -0.39 is 5.25 Å². The van der Waals surface area contributed by atoms with Crippen LogP contribution in [0.25, 0.3) is 10.9 Å². The summed E-state index contributed by atoms with van der Waals surface area (Å²) in [6.45, 7) is 3.00. The topological polar surface area (TPSA) is 73.2 Å². The van der Waals surface area contributed by atoms with Gasteiger partial charge in [0.25, 0.3) is 5.56 Å². The number of rotatable bonds is 6. The summed E-state index contributed by atoms with van der Waals surface area (Å²) < 4.78 is 7.45. The maximum absolute atomic E-state index is 13.4. The zero-order valence-electron chi connectivity index (χ0n) is 19.1. The van der Waals surface area contributed by atoms with Crippen LogP contribution in [0, 0.1) is 0 Å². The van der Waals surface area contributed by atoms with Gasteiger partial charge >= 0.3 is 0 Å². The number of amides is 1. The van der Waals surface area contributed by atoms with Crippen LogP contribution in [0.5, 0.6) is 0 Å². The van der Waals surface area contributed by atoms with Gasteiger partial charge in [-0.05, 0) is 68.4 Å². The van der Waals surface area contributed by atoms with E-state index >= 15 is 0 Å². The molecule has 1 N–H and O–H groups in total. The van der Waals surface area contributed by atoms with Gasteiger partial charge in [0.2, 0.25) is 5.91 Å². The molecule has 0 radical (unpaired) electrons. The first-order chi connectivity index (χ1) is 16.5. The number of aromatic nitrogens is 2. The average Bonchev–Trinajstić information content (AvgIpc) is 3.35. The standard InChI is InChI=1S/C26H28ClN3O3S/c1-16(24(31)28-22-10-4-7-17-6-2-3-9-20(17)22)34-26-29-23-14-18(27)11-12-21(23)25(32)30(26)15-19-8-5-13-33-19/h2-3,6,9,11-12,14,16,19,22H,4-5,7-8,10,13,15H2,1H3,(H,28,31)/t16-,19+,22-/m0/s1. The normalized spacial score (nSPS) is 20.8. The lowest BCUT2D eigenvalue weighted by Gasteiger charge is -2.27. The molecule has 2 aliphatic rings. The maximum Gasteiger partial charge on any atom is 0.262 e. The lowest BCUT2D eigenvalue weighted by molar-refractivity contribution is -0.121. The molecule has 1 aliphatic heterocycles. The molecule has 1 amide bonds. The van der Waals surface area contributed by atoms with Gasteiger partial charge < -0.3 is 10.1 Å². The van der Waals surface area contributed by atoms with Crippen molar-refractivity contribution in [2.75, 3.05) is 6.61 Å². The summed E-state index contributed by atoms with van der Waals surface area (Å²) in [6.07, 6.45) is 4.90. The first-order valence-electron chi connectivity index (χ1n) is 11.9. The highest BCUT2D eigenvalue weighted by atomic mass is 35.5. The minimum absolute atomic E-state index is 0.0120. The van der Waals surface area contributed by atoms with Crippen molar-refractivity contribution in [3.05, 3.63) is 69.0 Å². The fourth-order valence-electron chi connectivity index (χ4n) is 4.82. The van der Waals surface area contributed by atoms with E-state index in [1.165, 1.54) is 22.9 Å². The Morgan fingerprint density at radius 2 is 2.12 bits per heavy atom. The van der Waals surface area contributed by atoms with Crippen LogP contribution in [0.15, 0.2) is 52.4 Å². The van der Waals surface area contributed by atoms with E-state index in [0.717, 1.165) is 32.1 Å². The van der Waals surface area contributed by atoms with Crippen molar-refractivity contribution in [1.29, 1.82) is 0 Å². The van der Waals surface area contributed by atoms with E-state index in [9.17, 15) is 9.59 Å². The van der Waals surface area contributed by atoms with E-state index in [1.54, 1.807) is 22.8 Å². The molecule has 2 heterocycles. The minimum Gasteiger partial charge on any atom is -0.376 e. The minimum atomic E-state index is -0.423. The number of carbonyl (C=O) groups is 1. The Labute approximate surface area is 208 Å². The molecule has 0 unspecified atom stereocenters. The Balaban J connectivity index is 1.40. The summed E-state index contributed by atoms with van der Waals surface area (Å²) in [6, 6.07) is 13.4. The molecule has 1 fully saturated rings. The number of aryl methyl sites for hydroxylation is 1. The summed E-state index contributed by atoms with van der Waals surface area (Å²) in [7, 11) is 0. The van der Waals surface area contributed by atoms with Crippen LogP contribution >= 0.6 is 23.4 Å². The molecule has 3 atom stereocenters. The van der Waals surface area contributed by atoms with Crippen molar-refractivity contribution in [1.82, 2.24) is 14.9 Å². The second-order valence-corrected chi connectivity index (χ2v) is 10.8. The molecule has 0 bridgehead atoms. The molecule has 8 heteroatoms. The Hall–Kier alpha value is -2.35. The lowest BCUT2D eigenvalue weighted by Crippen LogP contribution is -2.36. The molecule has 3 aromatic rings. The zero-order chi connectivity index (χ0) is 23.7. The predicted octanol–water partition coefficient (Wildman–Crippen LogP) is 4.90. The van der Waals surface area contributed by atoms with Gasteiger partial charge in [-0.1, -0.05) is 47.6 Å². The largest absolute Gasteiger partial charge is 0.376 e. The Morgan fingerprint density at radius 3 is 2.94 bits per heavy atom. The molecular formula is C26H28ClN3O3S. The van der Waals surface area contributed by atoms with E-state index in [-0.39, 0.29) is 23.6 Å². The summed E-state index contributed by atoms with van der Waals surface area (Å²) in [4.78, 5) is 31.3.